The third kappa shape index (κ3) is 5.42. The molecule has 0 saturated heterocycles. The molecule has 10 nitrogen and oxygen atoms in total. The van der Waals surface area contributed by atoms with E-state index >= 15 is 0 Å². The van der Waals surface area contributed by atoms with Crippen LogP contribution in [0.15, 0.2) is 76.5 Å². The number of carbonyl (C=O) groups excluding carboxylic acids is 1. The average Bonchev–Trinajstić information content (AvgIpc) is 3.80. The van der Waals surface area contributed by atoms with Crippen molar-refractivity contribution in [1.29, 1.82) is 0 Å². The van der Waals surface area contributed by atoms with Gasteiger partial charge in [0.15, 0.2) is 5.60 Å². The van der Waals surface area contributed by atoms with Gasteiger partial charge in [-0.15, -0.1) is 0 Å². The quantitative estimate of drug-likeness (QED) is 0.327. The van der Waals surface area contributed by atoms with Crippen molar-refractivity contribution < 1.29 is 44.6 Å². The van der Waals surface area contributed by atoms with Gasteiger partial charge in [-0.05, 0) is 98.5 Å². The Bertz CT molecular complexity index is 1920. The number of nitrogens with one attached hydrogen (secondary N) is 1. The highest BCUT2D eigenvalue weighted by Crippen LogP contribution is 2.62. The van der Waals surface area contributed by atoms with E-state index in [1.807, 2.05) is 0 Å². The molecule has 246 valence electrons. The van der Waals surface area contributed by atoms with Crippen LogP contribution in [0.4, 0.5) is 24.5 Å². The molecule has 3 aliphatic rings. The number of hydrogen-bond acceptors (Lipinski definition) is 7. The highest BCUT2D eigenvalue weighted by atomic mass is 32.2. The Kier molecular flexibility index (Phi) is 7.69. The van der Waals surface area contributed by atoms with Crippen molar-refractivity contribution in [2.24, 2.45) is 11.1 Å². The molecule has 0 radical (unpaired) electrons. The summed E-state index contributed by atoms with van der Waals surface area (Å²) in [6.07, 6.45) is -5.13. The smallest absolute Gasteiger partial charge is 0.417 e. The minimum atomic E-state index is -4.87. The van der Waals surface area contributed by atoms with Crippen molar-refractivity contribution in [2.45, 2.75) is 71.6 Å². The summed E-state index contributed by atoms with van der Waals surface area (Å²) in [5.74, 6) is -0.489. The molecule has 15 heteroatoms. The zero-order chi connectivity index (χ0) is 33.3. The number of ether oxygens (including phenoxy) is 1. The lowest BCUT2D eigenvalue weighted by atomic mass is 9.61. The summed E-state index contributed by atoms with van der Waals surface area (Å²) in [5, 5.41) is 18.4. The third-order valence-electron chi connectivity index (χ3n) is 9.44. The average molecular weight is 680 g/mol. The SMILES string of the molecule is COc1cccc(S(=O)(=O)N2c3ccc(C(=O)Nc4cccc(S(N)(=O)=O)c4)cc3C3(CCC(O)(C(F)(F)F)CC3)C2C2CC2)c1. The number of carbonyl (C=O) groups is 1. The van der Waals surface area contributed by atoms with E-state index in [9.17, 15) is 39.9 Å². The molecule has 1 heterocycles. The van der Waals surface area contributed by atoms with Crippen molar-refractivity contribution in [3.8, 4) is 5.75 Å². The molecular formula is C31H32F3N3O7S2. The molecule has 6 rings (SSSR count). The fraction of sp³-hybridized carbons (Fsp3) is 0.387. The van der Waals surface area contributed by atoms with Gasteiger partial charge >= 0.3 is 6.18 Å². The van der Waals surface area contributed by atoms with Crippen molar-refractivity contribution in [3.63, 3.8) is 0 Å². The summed E-state index contributed by atoms with van der Waals surface area (Å²) in [4.78, 5) is 13.2. The first kappa shape index (κ1) is 32.3. The lowest BCUT2D eigenvalue weighted by Gasteiger charge is -2.47. The fourth-order valence-corrected chi connectivity index (χ4v) is 9.32. The zero-order valence-corrected chi connectivity index (χ0v) is 26.3. The van der Waals surface area contributed by atoms with Gasteiger partial charge in [-0.2, -0.15) is 13.2 Å². The van der Waals surface area contributed by atoms with E-state index in [4.69, 9.17) is 9.88 Å². The molecule has 1 unspecified atom stereocenters. The summed E-state index contributed by atoms with van der Waals surface area (Å²) < 4.78 is 101. The number of amides is 1. The van der Waals surface area contributed by atoms with E-state index < -0.39 is 62.0 Å². The van der Waals surface area contributed by atoms with Gasteiger partial charge in [-0.25, -0.2) is 22.0 Å². The van der Waals surface area contributed by atoms with Crippen molar-refractivity contribution in [3.05, 3.63) is 77.9 Å². The third-order valence-corrected chi connectivity index (χ3v) is 12.1. The summed E-state index contributed by atoms with van der Waals surface area (Å²) >= 11 is 0. The van der Waals surface area contributed by atoms with Crippen LogP contribution in [0.25, 0.3) is 0 Å². The Hall–Kier alpha value is -3.66. The van der Waals surface area contributed by atoms with E-state index in [0.29, 0.717) is 24.2 Å². The second-order valence-corrected chi connectivity index (χ2v) is 15.6. The number of aliphatic hydroxyl groups is 1. The van der Waals surface area contributed by atoms with Crippen LogP contribution in [0.2, 0.25) is 0 Å². The number of fused-ring (bicyclic) bond motifs is 2. The number of alkyl halides is 3. The summed E-state index contributed by atoms with van der Waals surface area (Å²) in [7, 11) is -6.92. The molecule has 0 aromatic heterocycles. The molecule has 4 N–H and O–H groups in total. The predicted molar refractivity (Wildman–Crippen MR) is 163 cm³/mol. The highest BCUT2D eigenvalue weighted by Gasteiger charge is 2.65. The molecule has 1 aliphatic heterocycles. The summed E-state index contributed by atoms with van der Waals surface area (Å²) in [5.41, 5.74) is -3.15. The molecule has 2 fully saturated rings. The van der Waals surface area contributed by atoms with E-state index in [0.717, 1.165) is 0 Å². The summed E-state index contributed by atoms with van der Waals surface area (Å²) in [6, 6.07) is 14.9. The highest BCUT2D eigenvalue weighted by molar-refractivity contribution is 7.93. The molecule has 3 aromatic rings. The van der Waals surface area contributed by atoms with Crippen LogP contribution in [0, 0.1) is 5.92 Å². The minimum absolute atomic E-state index is 0.0559. The number of methoxy groups -OCH3 is 1. The normalized spacial score (nSPS) is 24.9. The van der Waals surface area contributed by atoms with Crippen LogP contribution in [0.1, 0.15) is 54.4 Å². The first-order valence-electron chi connectivity index (χ1n) is 14.6. The Balaban J connectivity index is 1.46. The van der Waals surface area contributed by atoms with E-state index in [-0.39, 0.29) is 45.5 Å². The molecule has 1 amide bonds. The zero-order valence-electron chi connectivity index (χ0n) is 24.6. The molecular weight excluding hydrogens is 647 g/mol. The Morgan fingerprint density at radius 3 is 2.22 bits per heavy atom. The second-order valence-electron chi connectivity index (χ2n) is 12.2. The van der Waals surface area contributed by atoms with Gasteiger partial charge < -0.3 is 15.2 Å². The number of primary sulfonamides is 1. The molecule has 1 spiro atoms. The second kappa shape index (κ2) is 11.0. The van der Waals surface area contributed by atoms with Gasteiger partial charge in [0.25, 0.3) is 15.9 Å². The number of benzene rings is 3. The van der Waals surface area contributed by atoms with Crippen LogP contribution in [-0.2, 0) is 25.5 Å². The van der Waals surface area contributed by atoms with Crippen LogP contribution in [0.5, 0.6) is 5.75 Å². The maximum Gasteiger partial charge on any atom is 0.417 e. The van der Waals surface area contributed by atoms with Crippen molar-refractivity contribution in [2.75, 3.05) is 16.7 Å². The van der Waals surface area contributed by atoms with Crippen LogP contribution < -0.4 is 19.5 Å². The van der Waals surface area contributed by atoms with Gasteiger partial charge in [0.1, 0.15) is 5.75 Å². The van der Waals surface area contributed by atoms with E-state index in [1.165, 1.54) is 72.1 Å². The molecule has 3 aromatic carbocycles. The van der Waals surface area contributed by atoms with Crippen LogP contribution >= 0.6 is 0 Å². The fourth-order valence-electron chi connectivity index (χ4n) is 6.92. The monoisotopic (exact) mass is 679 g/mol. The molecule has 46 heavy (non-hydrogen) atoms. The van der Waals surface area contributed by atoms with E-state index in [1.54, 1.807) is 6.07 Å². The number of halogens is 3. The van der Waals surface area contributed by atoms with Gasteiger partial charge in [-0.3, -0.25) is 9.10 Å². The van der Waals surface area contributed by atoms with Gasteiger partial charge in [0, 0.05) is 22.7 Å². The molecule has 1 atom stereocenters. The number of nitrogens with zero attached hydrogens (tertiary/aromatic N) is 1. The van der Waals surface area contributed by atoms with Crippen LogP contribution in [-0.4, -0.2) is 52.8 Å². The maximum atomic E-state index is 14.4. The number of rotatable bonds is 7. The Morgan fingerprint density at radius 2 is 1.61 bits per heavy atom. The van der Waals surface area contributed by atoms with Crippen LogP contribution in [0.3, 0.4) is 0 Å². The van der Waals surface area contributed by atoms with Gasteiger partial charge in [0.2, 0.25) is 10.0 Å². The van der Waals surface area contributed by atoms with E-state index in [2.05, 4.69) is 5.32 Å². The first-order valence-corrected chi connectivity index (χ1v) is 17.6. The molecule has 2 aliphatic carbocycles. The Morgan fingerprint density at radius 1 is 0.957 bits per heavy atom. The first-order chi connectivity index (χ1) is 21.5. The number of hydrogen-bond donors (Lipinski definition) is 3. The van der Waals surface area contributed by atoms with Crippen molar-refractivity contribution >= 4 is 37.3 Å². The topological polar surface area (TPSA) is 156 Å². The van der Waals surface area contributed by atoms with Crippen molar-refractivity contribution in [1.82, 2.24) is 0 Å². The molecule has 2 saturated carbocycles. The largest absolute Gasteiger partial charge is 0.497 e. The number of nitrogens with two attached hydrogens (primary N) is 1. The number of anilines is 2. The lowest BCUT2D eigenvalue weighted by molar-refractivity contribution is -0.273. The summed E-state index contributed by atoms with van der Waals surface area (Å²) in [6.45, 7) is 0. The lowest BCUT2D eigenvalue weighted by Crippen LogP contribution is -2.56. The molecule has 0 bridgehead atoms. The van der Waals surface area contributed by atoms with Gasteiger partial charge in [-0.1, -0.05) is 12.1 Å². The Labute approximate surface area is 264 Å². The standard InChI is InChI=1S/C31H32F3N3O7S2/c1-44-22-5-3-7-24(18-22)46(42,43)37-26-11-10-20(28(38)36-21-4-2-6-23(17-21)45(35,40)41)16-25(26)29(27(37)19-8-9-19)12-14-30(39,15-13-29)31(32,33)34/h2-7,10-11,16-19,27,39H,8-9,12-15H2,1H3,(H,36,38)(H2,35,40,41). The number of sulfonamides is 2. The predicted octanol–water partition coefficient (Wildman–Crippen LogP) is 4.69. The minimum Gasteiger partial charge on any atom is -0.497 e. The maximum absolute atomic E-state index is 14.4. The van der Waals surface area contributed by atoms with Gasteiger partial charge in [0.05, 0.1) is 28.6 Å².